The molecule has 152 valence electrons. The second kappa shape index (κ2) is 7.49. The molecule has 0 spiro atoms. The molecule has 5 rings (SSSR count). The molecule has 4 heterocycles. The van der Waals surface area contributed by atoms with Gasteiger partial charge in [-0.05, 0) is 19.1 Å². The Morgan fingerprint density at radius 3 is 3.03 bits per heavy atom. The minimum Gasteiger partial charge on any atom is -0.453 e. The SMILES string of the molecule is Cc1cnc2n(c1=O)C(CC(=O)NCc1cc(-c3cc4ccccc4o3)on1)CS2. The number of amides is 1. The van der Waals surface area contributed by atoms with Gasteiger partial charge < -0.3 is 14.3 Å². The molecule has 0 radical (unpaired) electrons. The summed E-state index contributed by atoms with van der Waals surface area (Å²) >= 11 is 1.49. The van der Waals surface area contributed by atoms with Crippen molar-refractivity contribution in [2.75, 3.05) is 5.75 Å². The van der Waals surface area contributed by atoms with E-state index < -0.39 is 0 Å². The molecule has 1 amide bonds. The highest BCUT2D eigenvalue weighted by Gasteiger charge is 2.27. The van der Waals surface area contributed by atoms with E-state index in [1.807, 2.05) is 30.3 Å². The van der Waals surface area contributed by atoms with Crippen LogP contribution < -0.4 is 10.9 Å². The molecule has 4 aromatic rings. The largest absolute Gasteiger partial charge is 0.453 e. The number of furan rings is 1. The number of fused-ring (bicyclic) bond motifs is 2. The van der Waals surface area contributed by atoms with Crippen LogP contribution >= 0.6 is 11.8 Å². The molecular formula is C21H18N4O4S. The Hall–Kier alpha value is -3.33. The highest BCUT2D eigenvalue weighted by molar-refractivity contribution is 7.99. The molecule has 9 heteroatoms. The maximum atomic E-state index is 12.4. The molecule has 0 fully saturated rings. The summed E-state index contributed by atoms with van der Waals surface area (Å²) < 4.78 is 12.8. The summed E-state index contributed by atoms with van der Waals surface area (Å²) in [5, 5.41) is 8.50. The zero-order chi connectivity index (χ0) is 20.7. The summed E-state index contributed by atoms with van der Waals surface area (Å²) in [4.78, 5) is 29.1. The number of carbonyl (C=O) groups excluding carboxylic acids is 1. The van der Waals surface area contributed by atoms with Crippen LogP contribution in [-0.2, 0) is 11.3 Å². The molecule has 0 saturated heterocycles. The summed E-state index contributed by atoms with van der Waals surface area (Å²) in [6.45, 7) is 1.96. The van der Waals surface area contributed by atoms with E-state index in [2.05, 4.69) is 15.5 Å². The number of nitrogens with zero attached hydrogens (tertiary/aromatic N) is 3. The van der Waals surface area contributed by atoms with E-state index in [1.165, 1.54) is 11.8 Å². The third kappa shape index (κ3) is 3.41. The summed E-state index contributed by atoms with van der Waals surface area (Å²) in [7, 11) is 0. The third-order valence-corrected chi connectivity index (χ3v) is 6.13. The number of hydrogen-bond donors (Lipinski definition) is 1. The quantitative estimate of drug-likeness (QED) is 0.492. The lowest BCUT2D eigenvalue weighted by Gasteiger charge is -2.13. The van der Waals surface area contributed by atoms with Gasteiger partial charge in [0, 0.05) is 35.4 Å². The van der Waals surface area contributed by atoms with E-state index in [-0.39, 0.29) is 30.5 Å². The van der Waals surface area contributed by atoms with Crippen molar-refractivity contribution in [2.45, 2.75) is 31.1 Å². The minimum absolute atomic E-state index is 0.0882. The van der Waals surface area contributed by atoms with Gasteiger partial charge in [-0.25, -0.2) is 4.98 Å². The van der Waals surface area contributed by atoms with Gasteiger partial charge in [-0.15, -0.1) is 0 Å². The van der Waals surface area contributed by atoms with Gasteiger partial charge in [0.05, 0.1) is 12.6 Å². The van der Waals surface area contributed by atoms with Crippen LogP contribution in [0.1, 0.15) is 23.7 Å². The Morgan fingerprint density at radius 1 is 1.30 bits per heavy atom. The fraction of sp³-hybridized carbons (Fsp3) is 0.238. The van der Waals surface area contributed by atoms with Crippen molar-refractivity contribution in [1.29, 1.82) is 0 Å². The number of carbonyl (C=O) groups is 1. The van der Waals surface area contributed by atoms with E-state index >= 15 is 0 Å². The van der Waals surface area contributed by atoms with E-state index in [0.717, 1.165) is 11.0 Å². The van der Waals surface area contributed by atoms with Gasteiger partial charge in [0.15, 0.2) is 10.9 Å². The van der Waals surface area contributed by atoms with Crippen LogP contribution in [0.5, 0.6) is 0 Å². The fourth-order valence-electron chi connectivity index (χ4n) is 3.46. The monoisotopic (exact) mass is 422 g/mol. The van der Waals surface area contributed by atoms with E-state index in [1.54, 1.807) is 23.8 Å². The molecule has 3 aromatic heterocycles. The summed E-state index contributed by atoms with van der Waals surface area (Å²) in [6, 6.07) is 11.1. The first-order valence-corrected chi connectivity index (χ1v) is 10.5. The molecule has 1 unspecified atom stereocenters. The number of nitrogens with one attached hydrogen (secondary N) is 1. The summed E-state index contributed by atoms with van der Waals surface area (Å²) in [5.74, 6) is 1.59. The van der Waals surface area contributed by atoms with Crippen molar-refractivity contribution in [1.82, 2.24) is 20.0 Å². The Morgan fingerprint density at radius 2 is 2.17 bits per heavy atom. The molecular weight excluding hydrogens is 404 g/mol. The maximum absolute atomic E-state index is 12.4. The van der Waals surface area contributed by atoms with Crippen molar-refractivity contribution in [3.05, 3.63) is 64.2 Å². The Bertz CT molecular complexity index is 1270. The number of thioether (sulfide) groups is 1. The number of rotatable bonds is 5. The second-order valence-corrected chi connectivity index (χ2v) is 8.16. The fourth-order valence-corrected chi connectivity index (χ4v) is 4.57. The predicted octanol–water partition coefficient (Wildman–Crippen LogP) is 3.31. The average molecular weight is 422 g/mol. The molecule has 0 bridgehead atoms. The van der Waals surface area contributed by atoms with E-state index in [9.17, 15) is 9.59 Å². The first-order chi connectivity index (χ1) is 14.6. The molecule has 1 aliphatic rings. The van der Waals surface area contributed by atoms with Crippen molar-refractivity contribution in [2.24, 2.45) is 0 Å². The normalized spacial score (nSPS) is 15.4. The minimum atomic E-state index is -0.201. The van der Waals surface area contributed by atoms with Gasteiger partial charge in [-0.3, -0.25) is 14.2 Å². The zero-order valence-corrected chi connectivity index (χ0v) is 16.9. The topological polar surface area (TPSA) is 103 Å². The van der Waals surface area contributed by atoms with Gasteiger partial charge in [-0.1, -0.05) is 35.1 Å². The molecule has 1 atom stereocenters. The highest BCUT2D eigenvalue weighted by Crippen LogP contribution is 2.32. The smallest absolute Gasteiger partial charge is 0.257 e. The summed E-state index contributed by atoms with van der Waals surface area (Å²) in [5.41, 5.74) is 1.85. The molecule has 0 saturated carbocycles. The maximum Gasteiger partial charge on any atom is 0.257 e. The van der Waals surface area contributed by atoms with Gasteiger partial charge in [0.25, 0.3) is 5.56 Å². The van der Waals surface area contributed by atoms with Gasteiger partial charge in [-0.2, -0.15) is 0 Å². The van der Waals surface area contributed by atoms with Crippen molar-refractivity contribution in [3.8, 4) is 11.5 Å². The third-order valence-electron chi connectivity index (χ3n) is 5.02. The highest BCUT2D eigenvalue weighted by atomic mass is 32.2. The first kappa shape index (κ1) is 18.7. The van der Waals surface area contributed by atoms with Gasteiger partial charge in [0.2, 0.25) is 11.7 Å². The Labute approximate surface area is 175 Å². The van der Waals surface area contributed by atoms with E-state index in [0.29, 0.717) is 33.7 Å². The predicted molar refractivity (Wildman–Crippen MR) is 111 cm³/mol. The zero-order valence-electron chi connectivity index (χ0n) is 16.1. The molecule has 1 aromatic carbocycles. The van der Waals surface area contributed by atoms with Crippen LogP contribution in [0.25, 0.3) is 22.5 Å². The standard InChI is InChI=1S/C21H18N4O4S/c1-12-9-23-21-25(20(12)27)15(11-30-21)8-19(26)22-10-14-7-18(29-24-14)17-6-13-4-2-3-5-16(13)28-17/h2-7,9,15H,8,10-11H2,1H3,(H,22,26). The van der Waals surface area contributed by atoms with Gasteiger partial charge in [0.1, 0.15) is 11.3 Å². The number of para-hydroxylation sites is 1. The number of benzene rings is 1. The number of aromatic nitrogens is 3. The number of aryl methyl sites for hydroxylation is 1. The van der Waals surface area contributed by atoms with Crippen LogP contribution in [-0.4, -0.2) is 26.4 Å². The van der Waals surface area contributed by atoms with Crippen LogP contribution in [0.3, 0.4) is 0 Å². The molecule has 1 N–H and O–H groups in total. The molecule has 0 aliphatic carbocycles. The molecule has 8 nitrogen and oxygen atoms in total. The first-order valence-electron chi connectivity index (χ1n) is 9.50. The van der Waals surface area contributed by atoms with Crippen LogP contribution in [0.2, 0.25) is 0 Å². The van der Waals surface area contributed by atoms with Crippen LogP contribution in [0, 0.1) is 6.92 Å². The van der Waals surface area contributed by atoms with Crippen molar-refractivity contribution >= 4 is 28.6 Å². The lowest BCUT2D eigenvalue weighted by Crippen LogP contribution is -2.31. The van der Waals surface area contributed by atoms with Crippen molar-refractivity contribution < 1.29 is 13.7 Å². The average Bonchev–Trinajstić information content (AvgIpc) is 3.47. The van der Waals surface area contributed by atoms with Crippen molar-refractivity contribution in [3.63, 3.8) is 0 Å². The van der Waals surface area contributed by atoms with Crippen LogP contribution in [0.15, 0.2) is 61.5 Å². The number of hydrogen-bond acceptors (Lipinski definition) is 7. The second-order valence-electron chi connectivity index (χ2n) is 7.18. The Balaban J connectivity index is 1.23. The van der Waals surface area contributed by atoms with E-state index in [4.69, 9.17) is 8.94 Å². The lowest BCUT2D eigenvalue weighted by molar-refractivity contribution is -0.121. The molecule has 1 aliphatic heterocycles. The lowest BCUT2D eigenvalue weighted by atomic mass is 10.2. The Kier molecular flexibility index (Phi) is 4.66. The summed E-state index contributed by atoms with van der Waals surface area (Å²) in [6.07, 6.45) is 1.78. The molecule has 30 heavy (non-hydrogen) atoms. The van der Waals surface area contributed by atoms with Gasteiger partial charge >= 0.3 is 0 Å². The van der Waals surface area contributed by atoms with Crippen LogP contribution in [0.4, 0.5) is 0 Å².